The van der Waals surface area contributed by atoms with E-state index in [1.807, 2.05) is 19.9 Å². The molecular weight excluding hydrogens is 320 g/mol. The van der Waals surface area contributed by atoms with Gasteiger partial charge in [-0.2, -0.15) is 5.26 Å². The standard InChI is InChI=1S/C19H24N2O4/c1-6-23-17(24-7-2)16-11-14-9-8-13(12-20)10-15(14)21(16)18(22)25-19(3,4)5/h8-11,17H,6-7H2,1-5H3. The minimum atomic E-state index is -0.694. The van der Waals surface area contributed by atoms with E-state index in [0.29, 0.717) is 30.0 Å². The molecule has 0 radical (unpaired) electrons. The van der Waals surface area contributed by atoms with Gasteiger partial charge in [0.15, 0.2) is 6.29 Å². The van der Waals surface area contributed by atoms with Gasteiger partial charge in [-0.15, -0.1) is 0 Å². The molecule has 0 fully saturated rings. The molecule has 0 spiro atoms. The van der Waals surface area contributed by atoms with Crippen LogP contribution in [-0.4, -0.2) is 29.5 Å². The second kappa shape index (κ2) is 7.68. The summed E-state index contributed by atoms with van der Waals surface area (Å²) in [6.07, 6.45) is -1.22. The number of fused-ring (bicyclic) bond motifs is 1. The van der Waals surface area contributed by atoms with E-state index in [1.165, 1.54) is 4.57 Å². The Balaban J connectivity index is 2.65. The third-order valence-electron chi connectivity index (χ3n) is 3.42. The SMILES string of the molecule is CCOC(OCC)c1cc2ccc(C#N)cc2n1C(=O)OC(C)(C)C. The minimum Gasteiger partial charge on any atom is -0.443 e. The van der Waals surface area contributed by atoms with Crippen LogP contribution in [0.1, 0.15) is 52.2 Å². The molecule has 0 bridgehead atoms. The zero-order valence-electron chi connectivity index (χ0n) is 15.3. The van der Waals surface area contributed by atoms with Crippen LogP contribution in [0.4, 0.5) is 4.79 Å². The van der Waals surface area contributed by atoms with Crippen molar-refractivity contribution in [1.82, 2.24) is 4.57 Å². The Hall–Kier alpha value is -2.36. The lowest BCUT2D eigenvalue weighted by atomic mass is 10.2. The van der Waals surface area contributed by atoms with Crippen LogP contribution >= 0.6 is 0 Å². The Morgan fingerprint density at radius 1 is 1.20 bits per heavy atom. The molecule has 0 N–H and O–H groups in total. The van der Waals surface area contributed by atoms with Crippen molar-refractivity contribution in [1.29, 1.82) is 5.26 Å². The smallest absolute Gasteiger partial charge is 0.419 e. The highest BCUT2D eigenvalue weighted by Crippen LogP contribution is 2.29. The van der Waals surface area contributed by atoms with Crippen molar-refractivity contribution in [3.8, 4) is 6.07 Å². The van der Waals surface area contributed by atoms with Crippen molar-refractivity contribution in [2.24, 2.45) is 0 Å². The number of benzene rings is 1. The Labute approximate surface area is 147 Å². The van der Waals surface area contributed by atoms with Crippen molar-refractivity contribution in [3.63, 3.8) is 0 Å². The fraction of sp³-hybridized carbons (Fsp3) is 0.474. The summed E-state index contributed by atoms with van der Waals surface area (Å²) in [4.78, 5) is 12.8. The van der Waals surface area contributed by atoms with Gasteiger partial charge < -0.3 is 14.2 Å². The molecule has 0 atom stereocenters. The van der Waals surface area contributed by atoms with Crippen LogP contribution in [0, 0.1) is 11.3 Å². The quantitative estimate of drug-likeness (QED) is 0.753. The first-order valence-electron chi connectivity index (χ1n) is 8.32. The number of aromatic nitrogens is 1. The Morgan fingerprint density at radius 3 is 2.36 bits per heavy atom. The second-order valence-electron chi connectivity index (χ2n) is 6.51. The minimum absolute atomic E-state index is 0.434. The van der Waals surface area contributed by atoms with Crippen molar-refractivity contribution >= 4 is 17.0 Å². The average molecular weight is 344 g/mol. The lowest BCUT2D eigenvalue weighted by molar-refractivity contribution is -0.143. The van der Waals surface area contributed by atoms with Gasteiger partial charge in [0.1, 0.15) is 5.60 Å². The molecule has 0 aliphatic rings. The lowest BCUT2D eigenvalue weighted by Gasteiger charge is -2.23. The van der Waals surface area contributed by atoms with E-state index in [2.05, 4.69) is 6.07 Å². The van der Waals surface area contributed by atoms with Gasteiger partial charge in [0.2, 0.25) is 0 Å². The first-order chi connectivity index (χ1) is 11.8. The number of nitriles is 1. The summed E-state index contributed by atoms with van der Waals surface area (Å²) >= 11 is 0. The molecule has 6 heteroatoms. The molecule has 1 aromatic carbocycles. The summed E-state index contributed by atoms with van der Waals surface area (Å²) in [6.45, 7) is 10.0. The van der Waals surface area contributed by atoms with Crippen LogP contribution in [0.2, 0.25) is 0 Å². The lowest BCUT2D eigenvalue weighted by Crippen LogP contribution is -2.29. The van der Waals surface area contributed by atoms with Crippen LogP contribution < -0.4 is 0 Å². The summed E-state index contributed by atoms with van der Waals surface area (Å²) in [7, 11) is 0. The third-order valence-corrected chi connectivity index (χ3v) is 3.42. The van der Waals surface area contributed by atoms with Crippen LogP contribution in [0.25, 0.3) is 10.9 Å². The molecule has 1 heterocycles. The van der Waals surface area contributed by atoms with Gasteiger partial charge in [-0.1, -0.05) is 6.07 Å². The molecule has 2 aromatic rings. The van der Waals surface area contributed by atoms with Crippen molar-refractivity contribution in [2.75, 3.05) is 13.2 Å². The summed E-state index contributed by atoms with van der Waals surface area (Å²) < 4.78 is 18.3. The van der Waals surface area contributed by atoms with E-state index in [0.717, 1.165) is 5.39 Å². The maximum atomic E-state index is 12.8. The molecule has 2 rings (SSSR count). The molecule has 1 aromatic heterocycles. The molecule has 0 unspecified atom stereocenters. The van der Waals surface area contributed by atoms with E-state index in [9.17, 15) is 10.1 Å². The number of hydrogen-bond acceptors (Lipinski definition) is 5. The van der Waals surface area contributed by atoms with Crippen molar-refractivity contribution in [3.05, 3.63) is 35.5 Å². The van der Waals surface area contributed by atoms with E-state index in [-0.39, 0.29) is 0 Å². The van der Waals surface area contributed by atoms with Gasteiger partial charge >= 0.3 is 6.09 Å². The summed E-state index contributed by atoms with van der Waals surface area (Å²) in [5, 5.41) is 9.98. The van der Waals surface area contributed by atoms with Gasteiger partial charge in [-0.05, 0) is 52.8 Å². The summed E-state index contributed by atoms with van der Waals surface area (Å²) in [5.41, 5.74) is 0.951. The number of carbonyl (C=O) groups excluding carboxylic acids is 1. The molecule has 0 aliphatic carbocycles. The highest BCUT2D eigenvalue weighted by molar-refractivity contribution is 5.91. The van der Waals surface area contributed by atoms with E-state index >= 15 is 0 Å². The first kappa shape index (κ1) is 19.0. The normalized spacial score (nSPS) is 11.7. The first-order valence-corrected chi connectivity index (χ1v) is 8.32. The Bertz CT molecular complexity index is 790. The fourth-order valence-electron chi connectivity index (χ4n) is 2.50. The second-order valence-corrected chi connectivity index (χ2v) is 6.51. The Morgan fingerprint density at radius 2 is 1.84 bits per heavy atom. The predicted octanol–water partition coefficient (Wildman–Crippen LogP) is 4.37. The van der Waals surface area contributed by atoms with Crippen LogP contribution in [0.15, 0.2) is 24.3 Å². The monoisotopic (exact) mass is 344 g/mol. The van der Waals surface area contributed by atoms with Crippen LogP contribution in [0.5, 0.6) is 0 Å². The third kappa shape index (κ3) is 4.38. The number of hydrogen-bond donors (Lipinski definition) is 0. The van der Waals surface area contributed by atoms with Crippen LogP contribution in [0.3, 0.4) is 0 Å². The summed E-state index contributed by atoms with van der Waals surface area (Å²) in [6, 6.07) is 9.10. The van der Waals surface area contributed by atoms with Crippen LogP contribution in [-0.2, 0) is 14.2 Å². The van der Waals surface area contributed by atoms with Gasteiger partial charge in [-0.3, -0.25) is 0 Å². The Kier molecular flexibility index (Phi) is 5.83. The van der Waals surface area contributed by atoms with E-state index in [4.69, 9.17) is 14.2 Å². The maximum absolute atomic E-state index is 12.8. The molecule has 25 heavy (non-hydrogen) atoms. The maximum Gasteiger partial charge on any atom is 0.419 e. The average Bonchev–Trinajstić information content (AvgIpc) is 2.91. The fourth-order valence-corrected chi connectivity index (χ4v) is 2.50. The number of carbonyl (C=O) groups is 1. The van der Waals surface area contributed by atoms with E-state index in [1.54, 1.807) is 39.0 Å². The van der Waals surface area contributed by atoms with Gasteiger partial charge in [0.05, 0.1) is 22.8 Å². The van der Waals surface area contributed by atoms with Gasteiger partial charge in [-0.25, -0.2) is 9.36 Å². The van der Waals surface area contributed by atoms with Gasteiger partial charge in [0.25, 0.3) is 0 Å². The number of nitrogens with zero attached hydrogens (tertiary/aromatic N) is 2. The molecule has 0 aliphatic heterocycles. The topological polar surface area (TPSA) is 73.5 Å². The highest BCUT2D eigenvalue weighted by atomic mass is 16.7. The number of ether oxygens (including phenoxy) is 3. The zero-order valence-corrected chi connectivity index (χ0v) is 15.3. The molecule has 0 saturated carbocycles. The van der Waals surface area contributed by atoms with Crippen molar-refractivity contribution < 1.29 is 19.0 Å². The molecule has 0 saturated heterocycles. The number of rotatable bonds is 5. The van der Waals surface area contributed by atoms with Gasteiger partial charge in [0, 0.05) is 18.6 Å². The van der Waals surface area contributed by atoms with E-state index < -0.39 is 18.0 Å². The largest absolute Gasteiger partial charge is 0.443 e. The molecule has 0 amide bonds. The highest BCUT2D eigenvalue weighted by Gasteiger charge is 2.26. The molecule has 134 valence electrons. The van der Waals surface area contributed by atoms with Crippen molar-refractivity contribution in [2.45, 2.75) is 46.5 Å². The summed E-state index contributed by atoms with van der Waals surface area (Å²) in [5.74, 6) is 0. The molecular formula is C19H24N2O4. The zero-order chi connectivity index (χ0) is 18.6. The predicted molar refractivity (Wildman–Crippen MR) is 94.3 cm³/mol. The molecule has 6 nitrogen and oxygen atoms in total.